The Balaban J connectivity index is 2.26. The van der Waals surface area contributed by atoms with Crippen LogP contribution in [0.15, 0.2) is 47.4 Å². The molecular weight excluding hydrogens is 336 g/mol. The molecule has 0 aliphatic heterocycles. The van der Waals surface area contributed by atoms with Gasteiger partial charge in [0.05, 0.1) is 9.82 Å². The van der Waals surface area contributed by atoms with Crippen molar-refractivity contribution in [1.29, 1.82) is 0 Å². The van der Waals surface area contributed by atoms with Crippen LogP contribution in [0.25, 0.3) is 0 Å². The number of rotatable bonds is 7. The number of carbonyl (C=O) groups excluding carboxylic acids is 1. The summed E-state index contributed by atoms with van der Waals surface area (Å²) in [6.45, 7) is 6.96. The average molecular weight is 358 g/mol. The van der Waals surface area contributed by atoms with Crippen molar-refractivity contribution in [3.05, 3.63) is 69.3 Å². The second-order valence-electron chi connectivity index (χ2n) is 5.63. The molecule has 0 saturated heterocycles. The predicted molar refractivity (Wildman–Crippen MR) is 101 cm³/mol. The number of nitrogens with zero attached hydrogens (tertiary/aromatic N) is 2. The zero-order chi connectivity index (χ0) is 18.4. The average Bonchev–Trinajstić information content (AvgIpc) is 2.61. The summed E-state index contributed by atoms with van der Waals surface area (Å²) in [4.78, 5) is 25.7. The maximum absolute atomic E-state index is 12.4. The minimum Gasteiger partial charge on any atom is -0.339 e. The Bertz CT molecular complexity index is 773. The van der Waals surface area contributed by atoms with Gasteiger partial charge in [0.15, 0.2) is 0 Å². The lowest BCUT2D eigenvalue weighted by molar-refractivity contribution is -0.387. The molecule has 0 unspecified atom stereocenters. The van der Waals surface area contributed by atoms with Crippen molar-refractivity contribution in [3.63, 3.8) is 0 Å². The fraction of sp³-hybridized carbons (Fsp3) is 0.316. The standard InChI is InChI=1S/C19H22N2O3S/c1-4-20(5-2)19(22)15-10-11-18(17(12-15)21(23)24)25-13-16-9-7-6-8-14(16)3/h6-12H,4-5,13H2,1-3H3. The van der Waals surface area contributed by atoms with Crippen molar-refractivity contribution >= 4 is 23.4 Å². The van der Waals surface area contributed by atoms with Crippen LogP contribution in [0.2, 0.25) is 0 Å². The summed E-state index contributed by atoms with van der Waals surface area (Å²) >= 11 is 1.42. The first-order valence-electron chi connectivity index (χ1n) is 8.22. The third-order valence-corrected chi connectivity index (χ3v) is 5.21. The molecule has 25 heavy (non-hydrogen) atoms. The number of nitro benzene ring substituents is 1. The fourth-order valence-corrected chi connectivity index (χ4v) is 3.62. The molecule has 6 heteroatoms. The van der Waals surface area contributed by atoms with Crippen LogP contribution in [0.5, 0.6) is 0 Å². The normalized spacial score (nSPS) is 10.5. The number of nitro groups is 1. The maximum atomic E-state index is 12.4. The molecule has 0 radical (unpaired) electrons. The van der Waals surface area contributed by atoms with E-state index in [4.69, 9.17) is 0 Å². The van der Waals surface area contributed by atoms with E-state index in [1.807, 2.05) is 45.0 Å². The summed E-state index contributed by atoms with van der Waals surface area (Å²) in [7, 11) is 0. The lowest BCUT2D eigenvalue weighted by Crippen LogP contribution is -2.30. The molecule has 0 spiro atoms. The Labute approximate surface area is 152 Å². The van der Waals surface area contributed by atoms with Gasteiger partial charge in [-0.05, 0) is 44.0 Å². The Morgan fingerprint density at radius 3 is 2.44 bits per heavy atom. The van der Waals surface area contributed by atoms with Crippen LogP contribution in [0.1, 0.15) is 35.3 Å². The van der Waals surface area contributed by atoms with E-state index >= 15 is 0 Å². The SMILES string of the molecule is CCN(CC)C(=O)c1ccc(SCc2ccccc2C)c([N+](=O)[O-])c1. The van der Waals surface area contributed by atoms with Gasteiger partial charge in [0, 0.05) is 30.5 Å². The molecule has 0 aliphatic carbocycles. The van der Waals surface area contributed by atoms with Gasteiger partial charge in [0.2, 0.25) is 0 Å². The molecule has 0 N–H and O–H groups in total. The Morgan fingerprint density at radius 1 is 1.16 bits per heavy atom. The summed E-state index contributed by atoms with van der Waals surface area (Å²) in [6.07, 6.45) is 0. The van der Waals surface area contributed by atoms with Crippen LogP contribution in [0.4, 0.5) is 5.69 Å². The number of hydrogen-bond acceptors (Lipinski definition) is 4. The lowest BCUT2D eigenvalue weighted by atomic mass is 10.1. The molecule has 0 aliphatic rings. The van der Waals surface area contributed by atoms with Gasteiger partial charge in [-0.2, -0.15) is 0 Å². The Kier molecular flexibility index (Phi) is 6.58. The Morgan fingerprint density at radius 2 is 1.84 bits per heavy atom. The van der Waals surface area contributed by atoms with Crippen LogP contribution in [-0.4, -0.2) is 28.8 Å². The topological polar surface area (TPSA) is 63.5 Å². The van der Waals surface area contributed by atoms with E-state index in [1.54, 1.807) is 17.0 Å². The first-order chi connectivity index (χ1) is 12.0. The van der Waals surface area contributed by atoms with Gasteiger partial charge in [-0.25, -0.2) is 0 Å². The van der Waals surface area contributed by atoms with Crippen molar-refractivity contribution in [2.75, 3.05) is 13.1 Å². The molecule has 0 saturated carbocycles. The molecule has 0 bridgehead atoms. The second kappa shape index (κ2) is 8.67. The summed E-state index contributed by atoms with van der Waals surface area (Å²) in [5.74, 6) is 0.472. The van der Waals surface area contributed by atoms with Crippen LogP contribution < -0.4 is 0 Å². The number of amides is 1. The first kappa shape index (κ1) is 19.0. The van der Waals surface area contributed by atoms with Crippen molar-refractivity contribution in [1.82, 2.24) is 4.90 Å². The molecule has 5 nitrogen and oxygen atoms in total. The number of aryl methyl sites for hydroxylation is 1. The second-order valence-corrected chi connectivity index (χ2v) is 6.65. The summed E-state index contributed by atoms with van der Waals surface area (Å²) in [5, 5.41) is 11.5. The molecule has 1 amide bonds. The van der Waals surface area contributed by atoms with E-state index in [-0.39, 0.29) is 11.6 Å². The largest absolute Gasteiger partial charge is 0.339 e. The van der Waals surface area contributed by atoms with E-state index < -0.39 is 4.92 Å². The minimum absolute atomic E-state index is 0.0170. The quantitative estimate of drug-likeness (QED) is 0.410. The number of benzene rings is 2. The highest BCUT2D eigenvalue weighted by molar-refractivity contribution is 7.98. The highest BCUT2D eigenvalue weighted by atomic mass is 32.2. The monoisotopic (exact) mass is 358 g/mol. The number of carbonyl (C=O) groups is 1. The van der Waals surface area contributed by atoms with Crippen molar-refractivity contribution in [2.45, 2.75) is 31.4 Å². The highest BCUT2D eigenvalue weighted by Gasteiger charge is 2.20. The maximum Gasteiger partial charge on any atom is 0.283 e. The summed E-state index contributed by atoms with van der Waals surface area (Å²) in [5.41, 5.74) is 2.64. The van der Waals surface area contributed by atoms with Gasteiger partial charge < -0.3 is 4.90 Å². The van der Waals surface area contributed by atoms with Gasteiger partial charge in [0.1, 0.15) is 0 Å². The molecular formula is C19H22N2O3S. The van der Waals surface area contributed by atoms with Crippen molar-refractivity contribution in [3.8, 4) is 0 Å². The first-order valence-corrected chi connectivity index (χ1v) is 9.21. The minimum atomic E-state index is -0.417. The van der Waals surface area contributed by atoms with Crippen LogP contribution in [0.3, 0.4) is 0 Å². The van der Waals surface area contributed by atoms with Crippen molar-refractivity contribution in [2.24, 2.45) is 0 Å². The predicted octanol–water partition coefficient (Wildman–Crippen LogP) is 4.68. The van der Waals surface area contributed by atoms with Gasteiger partial charge in [-0.3, -0.25) is 14.9 Å². The smallest absolute Gasteiger partial charge is 0.283 e. The van der Waals surface area contributed by atoms with Crippen LogP contribution >= 0.6 is 11.8 Å². The summed E-state index contributed by atoms with van der Waals surface area (Å²) in [6, 6.07) is 12.7. The van der Waals surface area contributed by atoms with E-state index in [1.165, 1.54) is 17.8 Å². The number of thioether (sulfide) groups is 1. The van der Waals surface area contributed by atoms with E-state index in [2.05, 4.69) is 0 Å². The molecule has 2 aromatic carbocycles. The lowest BCUT2D eigenvalue weighted by Gasteiger charge is -2.18. The Hall–Kier alpha value is -2.34. The van der Waals surface area contributed by atoms with E-state index in [0.717, 1.165) is 11.1 Å². The number of hydrogen-bond donors (Lipinski definition) is 0. The molecule has 0 atom stereocenters. The van der Waals surface area contributed by atoms with Gasteiger partial charge in [-0.15, -0.1) is 11.8 Å². The molecule has 2 rings (SSSR count). The molecule has 132 valence electrons. The highest BCUT2D eigenvalue weighted by Crippen LogP contribution is 2.33. The van der Waals surface area contributed by atoms with E-state index in [0.29, 0.717) is 29.3 Å². The van der Waals surface area contributed by atoms with Crippen LogP contribution in [0, 0.1) is 17.0 Å². The molecule has 0 aromatic heterocycles. The molecule has 2 aromatic rings. The van der Waals surface area contributed by atoms with Gasteiger partial charge in [-0.1, -0.05) is 24.3 Å². The van der Waals surface area contributed by atoms with Gasteiger partial charge >= 0.3 is 0 Å². The van der Waals surface area contributed by atoms with Gasteiger partial charge in [0.25, 0.3) is 11.6 Å². The zero-order valence-electron chi connectivity index (χ0n) is 14.7. The molecule has 0 heterocycles. The summed E-state index contributed by atoms with van der Waals surface area (Å²) < 4.78 is 0. The fourth-order valence-electron chi connectivity index (χ4n) is 2.54. The third-order valence-electron chi connectivity index (χ3n) is 4.10. The van der Waals surface area contributed by atoms with Crippen molar-refractivity contribution < 1.29 is 9.72 Å². The zero-order valence-corrected chi connectivity index (χ0v) is 15.5. The third kappa shape index (κ3) is 4.60. The van der Waals surface area contributed by atoms with Crippen LogP contribution in [-0.2, 0) is 5.75 Å². The van der Waals surface area contributed by atoms with E-state index in [9.17, 15) is 14.9 Å². The molecule has 0 fully saturated rings.